The molecule has 2 heterocycles. The highest BCUT2D eigenvalue weighted by Gasteiger charge is 2.54. The Kier molecular flexibility index (Phi) is 5.72. The molecule has 0 radical (unpaired) electrons. The van der Waals surface area contributed by atoms with E-state index in [-0.39, 0.29) is 18.1 Å². The minimum absolute atomic E-state index is 0.0243. The highest BCUT2D eigenvalue weighted by Crippen LogP contribution is 2.37. The molecule has 1 aliphatic rings. The summed E-state index contributed by atoms with van der Waals surface area (Å²) in [7, 11) is 0. The van der Waals surface area contributed by atoms with Crippen LogP contribution in [0.5, 0.6) is 0 Å². The van der Waals surface area contributed by atoms with Gasteiger partial charge in [-0.25, -0.2) is 4.79 Å². The Bertz CT molecular complexity index is 747. The van der Waals surface area contributed by atoms with Crippen LogP contribution < -0.4 is 11.0 Å². The van der Waals surface area contributed by atoms with Crippen LogP contribution in [-0.2, 0) is 9.53 Å². The maximum Gasteiger partial charge on any atom is 0.351 e. The number of aliphatic hydroxyl groups excluding tert-OH is 3. The number of nitrogens with zero attached hydrogens (tertiary/aromatic N) is 5. The smallest absolute Gasteiger partial charge is 0.351 e. The molecule has 1 aliphatic heterocycles. The first-order valence-electron chi connectivity index (χ1n) is 7.48. The van der Waals surface area contributed by atoms with E-state index in [0.29, 0.717) is 6.42 Å². The fourth-order valence-corrected chi connectivity index (χ4v) is 2.42. The number of amides is 1. The second-order valence-corrected chi connectivity index (χ2v) is 5.44. The summed E-state index contributed by atoms with van der Waals surface area (Å²) >= 11 is 0. The van der Waals surface area contributed by atoms with Crippen LogP contribution >= 0.6 is 0 Å². The minimum Gasteiger partial charge on any atom is -0.393 e. The molecule has 1 fully saturated rings. The number of aromatic nitrogens is 2. The second kappa shape index (κ2) is 7.59. The molecule has 1 amide bonds. The van der Waals surface area contributed by atoms with Gasteiger partial charge in [-0.1, -0.05) is 12.0 Å². The number of aliphatic hydroxyl groups is 3. The molecule has 12 nitrogen and oxygen atoms in total. The lowest BCUT2D eigenvalue weighted by atomic mass is 10.1. The molecule has 136 valence electrons. The molecule has 1 saturated heterocycles. The topological polar surface area (TPSA) is 183 Å². The van der Waals surface area contributed by atoms with Gasteiger partial charge in [-0.05, 0) is 18.0 Å². The number of hydrogen-bond donors (Lipinski definition) is 4. The lowest BCUT2D eigenvalue weighted by Gasteiger charge is -2.23. The molecule has 1 aromatic heterocycles. The third-order valence-corrected chi connectivity index (χ3v) is 3.69. The van der Waals surface area contributed by atoms with Crippen molar-refractivity contribution in [2.45, 2.75) is 43.9 Å². The Morgan fingerprint density at radius 1 is 1.60 bits per heavy atom. The summed E-state index contributed by atoms with van der Waals surface area (Å²) in [5.74, 6) is -0.279. The van der Waals surface area contributed by atoms with Crippen molar-refractivity contribution in [1.29, 1.82) is 0 Å². The number of hydrogen-bond acceptors (Lipinski definition) is 8. The van der Waals surface area contributed by atoms with E-state index >= 15 is 0 Å². The van der Waals surface area contributed by atoms with Gasteiger partial charge in [0.25, 0.3) is 0 Å². The van der Waals surface area contributed by atoms with Crippen molar-refractivity contribution < 1.29 is 24.9 Å². The number of rotatable bonds is 6. The molecule has 0 spiro atoms. The summed E-state index contributed by atoms with van der Waals surface area (Å²) < 4.78 is 6.11. The number of nitrogens with one attached hydrogen (secondary N) is 1. The monoisotopic (exact) mass is 354 g/mol. The maximum absolute atomic E-state index is 12.1. The highest BCUT2D eigenvalue weighted by molar-refractivity contribution is 5.89. The lowest BCUT2D eigenvalue weighted by Crippen LogP contribution is -2.44. The van der Waals surface area contributed by atoms with E-state index in [1.165, 1.54) is 12.3 Å². The van der Waals surface area contributed by atoms with E-state index in [1.807, 2.05) is 6.92 Å². The van der Waals surface area contributed by atoms with Gasteiger partial charge in [-0.3, -0.25) is 9.36 Å². The van der Waals surface area contributed by atoms with Crippen molar-refractivity contribution in [3.8, 4) is 0 Å². The van der Waals surface area contributed by atoms with Crippen LogP contribution in [0, 0.1) is 0 Å². The van der Waals surface area contributed by atoms with Gasteiger partial charge >= 0.3 is 5.69 Å². The summed E-state index contributed by atoms with van der Waals surface area (Å²) in [6.07, 6.45) is -2.75. The van der Waals surface area contributed by atoms with E-state index in [2.05, 4.69) is 20.3 Å². The summed E-state index contributed by atoms with van der Waals surface area (Å²) in [6, 6.07) is 1.31. The van der Waals surface area contributed by atoms with Gasteiger partial charge in [0.2, 0.25) is 11.6 Å². The Hall–Kier alpha value is -2.50. The number of ether oxygens (including phenoxy) is 1. The van der Waals surface area contributed by atoms with E-state index < -0.39 is 36.5 Å². The van der Waals surface area contributed by atoms with Crippen LogP contribution in [-0.4, -0.2) is 55.3 Å². The van der Waals surface area contributed by atoms with Gasteiger partial charge in [-0.15, -0.1) is 0 Å². The van der Waals surface area contributed by atoms with Crippen LogP contribution in [0.15, 0.2) is 22.2 Å². The standard InChI is InChI=1S/C13H18N6O6/c1-2-3-8(21)15-7-4-5-19(12(24)16-7)11-9(22)10(23)13(6-20,25-11)17-18-14/h4-5,9-11,20,22-23H,2-3,6H2,1H3,(H,15,16,21,24)/t9-,10+,11-,13-/m1/s1. The van der Waals surface area contributed by atoms with E-state index in [9.17, 15) is 24.9 Å². The third kappa shape index (κ3) is 3.62. The van der Waals surface area contributed by atoms with Crippen LogP contribution in [0.4, 0.5) is 5.82 Å². The average molecular weight is 354 g/mol. The van der Waals surface area contributed by atoms with Crippen molar-refractivity contribution in [3.63, 3.8) is 0 Å². The Morgan fingerprint density at radius 3 is 2.88 bits per heavy atom. The van der Waals surface area contributed by atoms with Crippen LogP contribution in [0.1, 0.15) is 26.0 Å². The Labute approximate surface area is 141 Å². The SMILES string of the molecule is CCCC(=O)Nc1ccn([C@@H]2O[C@@](CO)(N=[N+]=[N-])[C@@H](O)[C@H]2O)c(=O)n1. The first-order valence-corrected chi connectivity index (χ1v) is 7.48. The van der Waals surface area contributed by atoms with Crippen LogP contribution in [0.25, 0.3) is 10.4 Å². The second-order valence-electron chi connectivity index (χ2n) is 5.44. The zero-order valence-corrected chi connectivity index (χ0v) is 13.3. The van der Waals surface area contributed by atoms with Crippen molar-refractivity contribution in [2.75, 3.05) is 11.9 Å². The van der Waals surface area contributed by atoms with Gasteiger partial charge < -0.3 is 25.4 Å². The number of azide groups is 1. The van der Waals surface area contributed by atoms with Crippen LogP contribution in [0.3, 0.4) is 0 Å². The molecule has 12 heteroatoms. The van der Waals surface area contributed by atoms with Crippen LogP contribution in [0.2, 0.25) is 0 Å². The molecule has 0 saturated carbocycles. The fourth-order valence-electron chi connectivity index (χ4n) is 2.42. The minimum atomic E-state index is -2.12. The van der Waals surface area contributed by atoms with E-state index in [0.717, 1.165) is 4.57 Å². The molecular formula is C13H18N6O6. The van der Waals surface area contributed by atoms with Crippen molar-refractivity contribution in [2.24, 2.45) is 5.11 Å². The molecule has 0 aliphatic carbocycles. The van der Waals surface area contributed by atoms with Crippen molar-refractivity contribution in [1.82, 2.24) is 9.55 Å². The molecule has 4 atom stereocenters. The molecule has 4 N–H and O–H groups in total. The zero-order valence-electron chi connectivity index (χ0n) is 13.3. The summed E-state index contributed by atoms with van der Waals surface area (Å²) in [6.45, 7) is 0.922. The molecule has 0 aromatic carbocycles. The number of carbonyl (C=O) groups is 1. The van der Waals surface area contributed by atoms with Gasteiger partial charge in [0.05, 0.1) is 6.61 Å². The Morgan fingerprint density at radius 2 is 2.32 bits per heavy atom. The van der Waals surface area contributed by atoms with Gasteiger partial charge in [0, 0.05) is 17.5 Å². The number of carbonyl (C=O) groups excluding carboxylic acids is 1. The first-order chi connectivity index (χ1) is 11.9. The quantitative estimate of drug-likeness (QED) is 0.294. The van der Waals surface area contributed by atoms with Gasteiger partial charge in [-0.2, -0.15) is 4.98 Å². The highest BCUT2D eigenvalue weighted by atomic mass is 16.6. The van der Waals surface area contributed by atoms with Gasteiger partial charge in [0.15, 0.2) is 6.23 Å². The maximum atomic E-state index is 12.1. The molecular weight excluding hydrogens is 336 g/mol. The van der Waals surface area contributed by atoms with Gasteiger partial charge in [0.1, 0.15) is 18.0 Å². The zero-order chi connectivity index (χ0) is 18.6. The average Bonchev–Trinajstić information content (AvgIpc) is 2.81. The molecule has 25 heavy (non-hydrogen) atoms. The molecule has 1 aromatic rings. The number of anilines is 1. The van der Waals surface area contributed by atoms with Crippen molar-refractivity contribution >= 4 is 11.7 Å². The largest absolute Gasteiger partial charge is 0.393 e. The van der Waals surface area contributed by atoms with Crippen molar-refractivity contribution in [3.05, 3.63) is 33.2 Å². The first kappa shape index (κ1) is 18.8. The third-order valence-electron chi connectivity index (χ3n) is 3.69. The van der Waals surface area contributed by atoms with E-state index in [4.69, 9.17) is 10.3 Å². The predicted molar refractivity (Wildman–Crippen MR) is 83.1 cm³/mol. The lowest BCUT2D eigenvalue weighted by molar-refractivity contribution is -0.125. The Balaban J connectivity index is 2.29. The molecule has 0 bridgehead atoms. The molecule has 2 rings (SSSR count). The predicted octanol–water partition coefficient (Wildman–Crippen LogP) is -0.769. The fraction of sp³-hybridized carbons (Fsp3) is 0.615. The normalized spacial score (nSPS) is 28.4. The summed E-state index contributed by atoms with van der Waals surface area (Å²) in [5, 5.41) is 35.1. The molecule has 0 unspecified atom stereocenters. The summed E-state index contributed by atoms with van der Waals surface area (Å²) in [5.41, 5.74) is 5.56. The van der Waals surface area contributed by atoms with E-state index in [1.54, 1.807) is 0 Å². The summed E-state index contributed by atoms with van der Waals surface area (Å²) in [4.78, 5) is 29.8.